The molecule has 1 saturated heterocycles. The molecule has 2 aliphatic rings. The Bertz CT molecular complexity index is 1080. The molecule has 2 aromatic heterocycles. The van der Waals surface area contributed by atoms with E-state index in [-0.39, 0.29) is 25.4 Å². The molecule has 1 N–H and O–H groups in total. The highest BCUT2D eigenvalue weighted by Crippen LogP contribution is 2.37. The minimum absolute atomic E-state index is 0. The van der Waals surface area contributed by atoms with Gasteiger partial charge in [0.15, 0.2) is 5.82 Å². The number of carbonyl (C=O) groups excluding carboxylic acids is 1. The molecule has 0 bridgehead atoms. The molecule has 3 aromatic rings. The van der Waals surface area contributed by atoms with Crippen molar-refractivity contribution in [3.05, 3.63) is 59.5 Å². The number of nitrogens with zero attached hydrogens (tertiary/aromatic N) is 6. The maximum absolute atomic E-state index is 12.5. The average Bonchev–Trinajstić information content (AvgIpc) is 3.42. The summed E-state index contributed by atoms with van der Waals surface area (Å²) in [4.78, 5) is 25.5. The summed E-state index contributed by atoms with van der Waals surface area (Å²) in [5, 5.41) is 7.76. The molecule has 0 spiro atoms. The Hall–Kier alpha value is -3.07. The minimum atomic E-state index is -0.0924. The molecule has 0 radical (unpaired) electrons. The van der Waals surface area contributed by atoms with Gasteiger partial charge in [-0.1, -0.05) is 29.8 Å². The van der Waals surface area contributed by atoms with E-state index in [4.69, 9.17) is 4.98 Å². The number of rotatable bonds is 5. The van der Waals surface area contributed by atoms with Crippen molar-refractivity contribution in [2.45, 2.75) is 38.9 Å². The van der Waals surface area contributed by atoms with Crippen LogP contribution in [0.25, 0.3) is 0 Å². The lowest BCUT2D eigenvalue weighted by Gasteiger charge is -2.36. The molecule has 2 aliphatic heterocycles. The number of hydrogen-bond donors (Lipinski definition) is 1. The first-order chi connectivity index (χ1) is 14.6. The van der Waals surface area contributed by atoms with Gasteiger partial charge in [-0.25, -0.2) is 4.98 Å². The summed E-state index contributed by atoms with van der Waals surface area (Å²) in [5.41, 5.74) is 4.31. The van der Waals surface area contributed by atoms with Gasteiger partial charge in [-0.2, -0.15) is 23.6 Å². The van der Waals surface area contributed by atoms with E-state index in [9.17, 15) is 4.79 Å². The molecule has 0 unspecified atom stereocenters. The lowest BCUT2D eigenvalue weighted by molar-refractivity contribution is -0.119. The lowest BCUT2D eigenvalue weighted by Crippen LogP contribution is -2.49. The van der Waals surface area contributed by atoms with Crippen molar-refractivity contribution in [1.82, 2.24) is 19.7 Å². The van der Waals surface area contributed by atoms with E-state index in [1.54, 1.807) is 18.1 Å². The number of hydrogen-bond acceptors (Lipinski definition) is 6. The van der Waals surface area contributed by atoms with E-state index in [0.717, 1.165) is 43.0 Å². The van der Waals surface area contributed by atoms with Gasteiger partial charge in [-0.3, -0.25) is 9.48 Å². The predicted molar refractivity (Wildman–Crippen MR) is 126 cm³/mol. The summed E-state index contributed by atoms with van der Waals surface area (Å²) in [7, 11) is 1.80. The van der Waals surface area contributed by atoms with Crippen LogP contribution in [0.15, 0.2) is 42.9 Å². The summed E-state index contributed by atoms with van der Waals surface area (Å²) < 4.78 is 1.94. The smallest absolute Gasteiger partial charge is 0.249 e. The largest absolute Gasteiger partial charge is 0.350 e. The number of anilines is 3. The fourth-order valence-corrected chi connectivity index (χ4v) is 4.16. The summed E-state index contributed by atoms with van der Waals surface area (Å²) in [5.74, 6) is 1.53. The van der Waals surface area contributed by atoms with Crippen molar-refractivity contribution in [1.29, 1.82) is 0 Å². The molecule has 0 aliphatic carbocycles. The van der Waals surface area contributed by atoms with Crippen molar-refractivity contribution >= 4 is 36.9 Å². The average molecular weight is 438 g/mol. The number of carbonyl (C=O) groups is 1. The maximum atomic E-state index is 12.5. The van der Waals surface area contributed by atoms with Crippen LogP contribution in [-0.2, 0) is 17.9 Å². The monoisotopic (exact) mass is 437 g/mol. The summed E-state index contributed by atoms with van der Waals surface area (Å²) in [6, 6.07) is 8.40. The van der Waals surface area contributed by atoms with Crippen LogP contribution in [0.3, 0.4) is 0 Å². The number of aromatic nitrogens is 4. The second-order valence-electron chi connectivity index (χ2n) is 8.04. The Morgan fingerprint density at radius 1 is 1.16 bits per heavy atom. The van der Waals surface area contributed by atoms with Crippen molar-refractivity contribution in [3.63, 3.8) is 0 Å². The summed E-state index contributed by atoms with van der Waals surface area (Å²) in [6.45, 7) is 4.28. The Morgan fingerprint density at radius 2 is 1.97 bits per heavy atom. The van der Waals surface area contributed by atoms with Crippen molar-refractivity contribution < 1.29 is 4.79 Å². The van der Waals surface area contributed by atoms with Crippen molar-refractivity contribution in [3.8, 4) is 0 Å². The molecular weight excluding hydrogens is 410 g/mol. The molecule has 1 amide bonds. The number of nitrogens with one attached hydrogen (secondary N) is 1. The number of likely N-dealkylation sites (N-methyl/N-ethyl adjacent to an activating group) is 1. The minimum Gasteiger partial charge on any atom is -0.350 e. The first-order valence-corrected chi connectivity index (χ1v) is 10.3. The third-order valence-corrected chi connectivity index (χ3v) is 5.85. The third-order valence-electron chi connectivity index (χ3n) is 5.85. The fourth-order valence-electron chi connectivity index (χ4n) is 4.16. The Balaban J connectivity index is 0.00000231. The first-order valence-electron chi connectivity index (χ1n) is 10.3. The highest BCUT2D eigenvalue weighted by atomic mass is 32.1. The van der Waals surface area contributed by atoms with Gasteiger partial charge in [0.1, 0.15) is 11.7 Å². The quantitative estimate of drug-likeness (QED) is 0.661. The molecule has 5 rings (SSSR count). The zero-order valence-corrected chi connectivity index (χ0v) is 18.7. The fraction of sp³-hybridized carbons (Fsp3) is 0.364. The number of amides is 1. The molecule has 0 saturated carbocycles. The van der Waals surface area contributed by atoms with Gasteiger partial charge in [-0.15, -0.1) is 0 Å². The summed E-state index contributed by atoms with van der Waals surface area (Å²) >= 11 is 0. The first kappa shape index (κ1) is 21.2. The highest BCUT2D eigenvalue weighted by molar-refractivity contribution is 7.59. The highest BCUT2D eigenvalue weighted by Gasteiger charge is 2.40. The van der Waals surface area contributed by atoms with Crippen LogP contribution in [0.5, 0.6) is 0 Å². The van der Waals surface area contributed by atoms with Gasteiger partial charge < -0.3 is 15.1 Å². The Labute approximate surface area is 188 Å². The van der Waals surface area contributed by atoms with Gasteiger partial charge in [0.05, 0.1) is 18.9 Å². The van der Waals surface area contributed by atoms with Gasteiger partial charge >= 0.3 is 0 Å². The Morgan fingerprint density at radius 3 is 2.77 bits per heavy atom. The van der Waals surface area contributed by atoms with Gasteiger partial charge in [0, 0.05) is 31.9 Å². The third kappa shape index (κ3) is 4.10. The Kier molecular flexibility index (Phi) is 5.86. The van der Waals surface area contributed by atoms with Gasteiger partial charge in [0.25, 0.3) is 0 Å². The summed E-state index contributed by atoms with van der Waals surface area (Å²) in [6.07, 6.45) is 7.53. The molecule has 1 atom stereocenters. The topological polar surface area (TPSA) is 79.2 Å². The van der Waals surface area contributed by atoms with Crippen molar-refractivity contribution in [2.24, 2.45) is 0 Å². The molecule has 8 nitrogen and oxygen atoms in total. The van der Waals surface area contributed by atoms with Crippen LogP contribution in [-0.4, -0.2) is 45.3 Å². The van der Waals surface area contributed by atoms with Crippen LogP contribution >= 0.6 is 13.5 Å². The molecular formula is C22H27N7OS. The zero-order chi connectivity index (χ0) is 20.7. The number of fused-ring (bicyclic) bond motifs is 3. The SMILES string of the molecule is Cc1ccc(Cn2cc(CNc3ncc4c(n3)N3CCC[C@H]3C(=O)N4C)cn2)cc1.S. The van der Waals surface area contributed by atoms with Gasteiger partial charge in [-0.05, 0) is 25.3 Å². The van der Waals surface area contributed by atoms with E-state index in [2.05, 4.69) is 51.5 Å². The van der Waals surface area contributed by atoms with Crippen LogP contribution in [0, 0.1) is 6.92 Å². The number of benzene rings is 1. The van der Waals surface area contributed by atoms with Crippen LogP contribution in [0.2, 0.25) is 0 Å². The number of aryl methyl sites for hydroxylation is 1. The van der Waals surface area contributed by atoms with E-state index in [0.29, 0.717) is 12.5 Å². The molecule has 162 valence electrons. The van der Waals surface area contributed by atoms with E-state index in [1.165, 1.54) is 11.1 Å². The second kappa shape index (κ2) is 8.58. The van der Waals surface area contributed by atoms with Crippen LogP contribution in [0.4, 0.5) is 17.5 Å². The van der Waals surface area contributed by atoms with Crippen LogP contribution in [0.1, 0.15) is 29.5 Å². The van der Waals surface area contributed by atoms with E-state index >= 15 is 0 Å². The molecule has 4 heterocycles. The van der Waals surface area contributed by atoms with Crippen molar-refractivity contribution in [2.75, 3.05) is 28.7 Å². The van der Waals surface area contributed by atoms with Gasteiger partial charge in [0.2, 0.25) is 11.9 Å². The van der Waals surface area contributed by atoms with E-state index < -0.39 is 0 Å². The van der Waals surface area contributed by atoms with Crippen LogP contribution < -0.4 is 15.1 Å². The lowest BCUT2D eigenvalue weighted by atomic mass is 10.1. The predicted octanol–water partition coefficient (Wildman–Crippen LogP) is 2.70. The molecule has 1 aromatic carbocycles. The molecule has 31 heavy (non-hydrogen) atoms. The molecule has 9 heteroatoms. The van der Waals surface area contributed by atoms with E-state index in [1.807, 2.05) is 17.1 Å². The standard InChI is InChI=1S/C22H25N7O.H2S/c1-15-5-7-16(8-6-15)13-28-14-17(11-25-28)10-23-22-24-12-19-20(26-22)29-9-3-4-18(29)21(30)27(19)2;/h5-8,11-12,14,18H,3-4,9-10,13H2,1-2H3,(H,23,24,26);1H2/t18-;/m0./s1. The normalized spacial score (nSPS) is 17.2. The molecule has 1 fully saturated rings. The second-order valence-corrected chi connectivity index (χ2v) is 8.04. The zero-order valence-electron chi connectivity index (χ0n) is 17.7. The maximum Gasteiger partial charge on any atom is 0.249 e.